The summed E-state index contributed by atoms with van der Waals surface area (Å²) in [6.07, 6.45) is 0.813. The number of allylic oxidation sites excluding steroid dienone is 3. The third-order valence-electron chi connectivity index (χ3n) is 5.81. The van der Waals surface area contributed by atoms with Gasteiger partial charge in [0.05, 0.1) is 11.7 Å². The van der Waals surface area contributed by atoms with Gasteiger partial charge in [0.25, 0.3) is 0 Å². The van der Waals surface area contributed by atoms with Crippen LogP contribution in [0.5, 0.6) is 5.75 Å². The second-order valence-corrected chi connectivity index (χ2v) is 9.63. The van der Waals surface area contributed by atoms with Gasteiger partial charge in [0.2, 0.25) is 0 Å². The molecule has 0 saturated heterocycles. The van der Waals surface area contributed by atoms with Gasteiger partial charge in [0.1, 0.15) is 5.75 Å². The molecule has 0 radical (unpaired) electrons. The van der Waals surface area contributed by atoms with E-state index in [9.17, 15) is 14.4 Å². The van der Waals surface area contributed by atoms with Crippen molar-refractivity contribution in [2.24, 2.45) is 0 Å². The Morgan fingerprint density at radius 3 is 2.45 bits per heavy atom. The Morgan fingerprint density at radius 2 is 1.85 bits per heavy atom. The van der Waals surface area contributed by atoms with Crippen LogP contribution in [0.3, 0.4) is 0 Å². The van der Waals surface area contributed by atoms with Crippen molar-refractivity contribution in [1.29, 1.82) is 0 Å². The fourth-order valence-corrected chi connectivity index (χ4v) is 5.37. The Morgan fingerprint density at radius 1 is 1.12 bits per heavy atom. The van der Waals surface area contributed by atoms with E-state index in [0.717, 1.165) is 11.3 Å². The number of benzene rings is 1. The van der Waals surface area contributed by atoms with Crippen molar-refractivity contribution in [3.05, 3.63) is 74.8 Å². The number of carbonyl (C=O) groups is 3. The van der Waals surface area contributed by atoms with E-state index in [2.05, 4.69) is 11.4 Å². The van der Waals surface area contributed by atoms with E-state index in [-0.39, 0.29) is 17.8 Å². The molecule has 0 bridgehead atoms. The summed E-state index contributed by atoms with van der Waals surface area (Å²) in [6.45, 7) is 6.79. The lowest BCUT2D eigenvalue weighted by Crippen LogP contribution is -2.36. The van der Waals surface area contributed by atoms with Crippen molar-refractivity contribution in [3.8, 4) is 5.75 Å². The largest absolute Gasteiger partial charge is 0.460 e. The number of hydrogen-bond acceptors (Lipinski definition) is 7. The lowest BCUT2D eigenvalue weighted by atomic mass is 9.72. The van der Waals surface area contributed by atoms with Crippen molar-refractivity contribution in [3.63, 3.8) is 0 Å². The molecule has 2 aliphatic rings. The average Bonchev–Trinajstić information content (AvgIpc) is 3.27. The van der Waals surface area contributed by atoms with Gasteiger partial charge in [-0.05, 0) is 56.3 Å². The molecule has 1 aliphatic carbocycles. The second kappa shape index (κ2) is 9.35. The molecule has 7 heteroatoms. The number of thiophene rings is 1. The Labute approximate surface area is 197 Å². The maximum atomic E-state index is 13.5. The molecular weight excluding hydrogens is 438 g/mol. The molecule has 0 amide bonds. The minimum absolute atomic E-state index is 0.0264. The van der Waals surface area contributed by atoms with E-state index in [4.69, 9.17) is 9.47 Å². The fourth-order valence-electron chi connectivity index (χ4n) is 4.54. The Bertz CT molecular complexity index is 1140. The maximum absolute atomic E-state index is 13.5. The number of carbonyl (C=O) groups excluding carboxylic acids is 3. The van der Waals surface area contributed by atoms with Crippen LogP contribution in [0.15, 0.2) is 64.3 Å². The number of esters is 2. The minimum Gasteiger partial charge on any atom is -0.460 e. The summed E-state index contributed by atoms with van der Waals surface area (Å²) < 4.78 is 10.7. The van der Waals surface area contributed by atoms with Crippen LogP contribution < -0.4 is 10.1 Å². The zero-order valence-corrected chi connectivity index (χ0v) is 20.0. The molecule has 4 rings (SSSR count). The van der Waals surface area contributed by atoms with E-state index < -0.39 is 17.9 Å². The molecule has 33 heavy (non-hydrogen) atoms. The summed E-state index contributed by atoms with van der Waals surface area (Å²) in [5, 5.41) is 5.38. The highest BCUT2D eigenvalue weighted by Gasteiger charge is 2.41. The smallest absolute Gasteiger partial charge is 0.337 e. The van der Waals surface area contributed by atoms with Crippen LogP contribution in [0.4, 0.5) is 0 Å². The number of Topliss-reactive ketones (excluding diaryl/α,β-unsaturated/α-hetero) is 1. The van der Waals surface area contributed by atoms with E-state index in [1.54, 1.807) is 49.4 Å². The predicted molar refractivity (Wildman–Crippen MR) is 126 cm³/mol. The highest BCUT2D eigenvalue weighted by molar-refractivity contribution is 7.10. The lowest BCUT2D eigenvalue weighted by molar-refractivity contribution is -0.143. The van der Waals surface area contributed by atoms with Crippen molar-refractivity contribution in [2.75, 3.05) is 0 Å². The Hall–Kier alpha value is -3.19. The molecule has 0 saturated carbocycles. The number of hydrogen-bond donors (Lipinski definition) is 1. The summed E-state index contributed by atoms with van der Waals surface area (Å²) in [5.41, 5.74) is 3.37. The Kier molecular flexibility index (Phi) is 6.51. The van der Waals surface area contributed by atoms with E-state index in [0.29, 0.717) is 35.4 Å². The zero-order chi connectivity index (χ0) is 23.7. The van der Waals surface area contributed by atoms with Gasteiger partial charge in [-0.15, -0.1) is 11.3 Å². The van der Waals surface area contributed by atoms with Gasteiger partial charge < -0.3 is 14.8 Å². The van der Waals surface area contributed by atoms with Gasteiger partial charge in [-0.2, -0.15) is 0 Å². The standard InChI is InChI=1S/C26H27NO5S/c1-14(2)31-26(30)23-15(3)27-20-12-18(22-6-5-11-33-22)13-21(29)25(20)24(23)17-7-9-19(10-8-17)32-16(4)28/h5-11,14,18,24,27H,12-13H2,1-4H3/t18-,24+/m1/s1. The number of dihydropyridines is 1. The fraction of sp³-hybridized carbons (Fsp3) is 0.346. The first-order chi connectivity index (χ1) is 15.7. The van der Waals surface area contributed by atoms with Gasteiger partial charge >= 0.3 is 11.9 Å². The average molecular weight is 466 g/mol. The van der Waals surface area contributed by atoms with Crippen LogP contribution in [-0.4, -0.2) is 23.8 Å². The van der Waals surface area contributed by atoms with Crippen LogP contribution in [0, 0.1) is 0 Å². The second-order valence-electron chi connectivity index (χ2n) is 8.65. The van der Waals surface area contributed by atoms with E-state index in [1.807, 2.05) is 18.4 Å². The molecule has 1 aliphatic heterocycles. The SMILES string of the molecule is CC(=O)Oc1ccc([C@H]2C(C(=O)OC(C)C)=C(C)NC3=C2C(=O)C[C@H](c2cccs2)C3)cc1. The summed E-state index contributed by atoms with van der Waals surface area (Å²) in [5.74, 6) is -0.839. The zero-order valence-electron chi connectivity index (χ0n) is 19.1. The molecular formula is C26H27NO5S. The molecule has 2 atom stereocenters. The Balaban J connectivity index is 1.77. The third kappa shape index (κ3) is 4.78. The van der Waals surface area contributed by atoms with Crippen molar-refractivity contribution in [2.45, 2.75) is 58.5 Å². The van der Waals surface area contributed by atoms with Crippen molar-refractivity contribution >= 4 is 29.1 Å². The number of rotatable bonds is 5. The van der Waals surface area contributed by atoms with E-state index in [1.165, 1.54) is 11.8 Å². The summed E-state index contributed by atoms with van der Waals surface area (Å²) in [4.78, 5) is 39.1. The molecule has 0 fully saturated rings. The van der Waals surface area contributed by atoms with Gasteiger partial charge in [0.15, 0.2) is 5.78 Å². The minimum atomic E-state index is -0.546. The predicted octanol–water partition coefficient (Wildman–Crippen LogP) is 4.99. The van der Waals surface area contributed by atoms with Crippen molar-refractivity contribution in [1.82, 2.24) is 5.32 Å². The molecule has 0 spiro atoms. The maximum Gasteiger partial charge on any atom is 0.337 e. The lowest BCUT2D eigenvalue weighted by Gasteiger charge is -2.36. The normalized spacial score (nSPS) is 20.5. The highest BCUT2D eigenvalue weighted by atomic mass is 32.1. The summed E-state index contributed by atoms with van der Waals surface area (Å²) in [6, 6.07) is 11.0. The quantitative estimate of drug-likeness (QED) is 0.495. The number of ketones is 1. The van der Waals surface area contributed by atoms with Gasteiger partial charge in [-0.3, -0.25) is 9.59 Å². The molecule has 172 valence electrons. The first-order valence-electron chi connectivity index (χ1n) is 11.0. The molecule has 6 nitrogen and oxygen atoms in total. The summed E-state index contributed by atoms with van der Waals surface area (Å²) >= 11 is 1.66. The summed E-state index contributed by atoms with van der Waals surface area (Å²) in [7, 11) is 0. The van der Waals surface area contributed by atoms with Gasteiger partial charge in [-0.25, -0.2) is 4.79 Å². The molecule has 2 heterocycles. The molecule has 1 N–H and O–H groups in total. The highest BCUT2D eigenvalue weighted by Crippen LogP contribution is 2.46. The molecule has 1 aromatic carbocycles. The molecule has 0 unspecified atom stereocenters. The van der Waals surface area contributed by atoms with Crippen LogP contribution >= 0.6 is 11.3 Å². The first kappa shape index (κ1) is 23.0. The third-order valence-corrected chi connectivity index (χ3v) is 6.85. The van der Waals surface area contributed by atoms with E-state index >= 15 is 0 Å². The van der Waals surface area contributed by atoms with Crippen LogP contribution in [0.25, 0.3) is 0 Å². The van der Waals surface area contributed by atoms with Crippen molar-refractivity contribution < 1.29 is 23.9 Å². The monoisotopic (exact) mass is 465 g/mol. The van der Waals surface area contributed by atoms with Crippen LogP contribution in [0.1, 0.15) is 62.8 Å². The van der Waals surface area contributed by atoms with Crippen LogP contribution in [0.2, 0.25) is 0 Å². The van der Waals surface area contributed by atoms with Gasteiger partial charge in [0, 0.05) is 47.0 Å². The number of nitrogens with one attached hydrogen (secondary N) is 1. The molecule has 2 aromatic rings. The first-order valence-corrected chi connectivity index (χ1v) is 11.9. The topological polar surface area (TPSA) is 81.7 Å². The van der Waals surface area contributed by atoms with Crippen LogP contribution in [-0.2, 0) is 19.1 Å². The molecule has 1 aromatic heterocycles. The van der Waals surface area contributed by atoms with Gasteiger partial charge in [-0.1, -0.05) is 18.2 Å². The number of ether oxygens (including phenoxy) is 2.